The van der Waals surface area contributed by atoms with Gasteiger partial charge in [0.1, 0.15) is 6.54 Å². The number of unbranched alkanes of at least 4 members (excludes halogenated alkanes) is 1. The Labute approximate surface area is 108 Å². The molecule has 1 N–H and O–H groups in total. The van der Waals surface area contributed by atoms with Gasteiger partial charge in [-0.05, 0) is 6.42 Å². The number of hydrogen-bond acceptors (Lipinski definition) is 1. The van der Waals surface area contributed by atoms with Gasteiger partial charge in [-0.25, -0.2) is 0 Å². The summed E-state index contributed by atoms with van der Waals surface area (Å²) in [6.07, 6.45) is 5.69. The summed E-state index contributed by atoms with van der Waals surface area (Å²) in [6, 6.07) is 0. The normalized spacial score (nSPS) is 18.7. The fraction of sp³-hybridized carbons (Fsp3) is 1.00. The van der Waals surface area contributed by atoms with Crippen molar-refractivity contribution in [3.63, 3.8) is 0 Å². The molecule has 0 aromatic heterocycles. The molecule has 1 aliphatic rings. The largest absolute Gasteiger partial charge is 0.391 e. The van der Waals surface area contributed by atoms with Crippen LogP contribution in [0.25, 0.3) is 0 Å². The van der Waals surface area contributed by atoms with Gasteiger partial charge >= 0.3 is 0 Å². The molecule has 17 heavy (non-hydrogen) atoms. The van der Waals surface area contributed by atoms with Gasteiger partial charge in [0, 0.05) is 12.8 Å². The highest BCUT2D eigenvalue weighted by Gasteiger charge is 2.25. The summed E-state index contributed by atoms with van der Waals surface area (Å²) in [6.45, 7) is 7.67. The maximum atomic E-state index is 8.39. The van der Waals surface area contributed by atoms with Gasteiger partial charge in [-0.3, -0.25) is 0 Å². The van der Waals surface area contributed by atoms with Crippen molar-refractivity contribution in [2.45, 2.75) is 32.6 Å². The lowest BCUT2D eigenvalue weighted by Gasteiger charge is -2.28. The molecule has 1 rings (SSSR count). The number of nitrogens with zero attached hydrogens (tertiary/aromatic N) is 2. The van der Waals surface area contributed by atoms with Crippen LogP contribution in [0.4, 0.5) is 0 Å². The first-order chi connectivity index (χ1) is 7.83. The molecular formula is C14H34N2O+2. The van der Waals surface area contributed by atoms with Crippen LogP contribution in [0.15, 0.2) is 0 Å². The first-order valence-corrected chi connectivity index (χ1v) is 7.08. The Morgan fingerprint density at radius 2 is 1.65 bits per heavy atom. The Balaban J connectivity index is 0.000000325. The van der Waals surface area contributed by atoms with Crippen LogP contribution < -0.4 is 0 Å². The number of hydrogen-bond donors (Lipinski definition) is 1. The van der Waals surface area contributed by atoms with E-state index in [0.717, 1.165) is 11.0 Å². The van der Waals surface area contributed by atoms with Crippen LogP contribution in [-0.2, 0) is 0 Å². The molecular weight excluding hydrogens is 212 g/mol. The molecule has 0 aromatic rings. The molecule has 0 aliphatic carbocycles. The van der Waals surface area contributed by atoms with E-state index in [-0.39, 0.29) is 6.61 Å². The van der Waals surface area contributed by atoms with E-state index in [4.69, 9.17) is 5.11 Å². The zero-order chi connectivity index (χ0) is 13.4. The van der Waals surface area contributed by atoms with Gasteiger partial charge in [-0.15, -0.1) is 0 Å². The van der Waals surface area contributed by atoms with Crippen molar-refractivity contribution < 1.29 is 14.1 Å². The molecule has 0 spiro atoms. The van der Waals surface area contributed by atoms with E-state index in [0.29, 0.717) is 0 Å². The molecule has 0 saturated carbocycles. The molecule has 1 saturated heterocycles. The molecule has 0 bridgehead atoms. The standard InChI is InChI=1S/C9H20N.C5H14NO/c1-3-4-7-10(2)8-5-6-9-10;1-6(2,3)4-5-7/h3-9H2,1-2H3;7H,4-5H2,1-3H3/q2*+1. The number of quaternary nitrogens is 2. The van der Waals surface area contributed by atoms with Crippen molar-refractivity contribution in [2.75, 3.05) is 61.0 Å². The summed E-state index contributed by atoms with van der Waals surface area (Å²) in [4.78, 5) is 0. The highest BCUT2D eigenvalue weighted by Crippen LogP contribution is 2.16. The molecule has 3 nitrogen and oxygen atoms in total. The highest BCUT2D eigenvalue weighted by atomic mass is 16.3. The van der Waals surface area contributed by atoms with E-state index in [1.54, 1.807) is 0 Å². The van der Waals surface area contributed by atoms with Crippen molar-refractivity contribution in [1.29, 1.82) is 0 Å². The Bertz CT molecular complexity index is 181. The third-order valence-corrected chi connectivity index (χ3v) is 3.47. The molecule has 1 heterocycles. The molecule has 0 radical (unpaired) electrons. The Morgan fingerprint density at radius 1 is 1.12 bits per heavy atom. The number of rotatable bonds is 5. The molecule has 1 aliphatic heterocycles. The Kier molecular flexibility index (Phi) is 8.01. The van der Waals surface area contributed by atoms with Crippen LogP contribution in [0.3, 0.4) is 0 Å². The van der Waals surface area contributed by atoms with Gasteiger partial charge in [0.25, 0.3) is 0 Å². The molecule has 104 valence electrons. The SMILES string of the molecule is CCCC[N+]1(C)CCCC1.C[N+](C)(C)CCO. The second-order valence-electron chi connectivity index (χ2n) is 6.59. The summed E-state index contributed by atoms with van der Waals surface area (Å²) in [7, 11) is 8.56. The minimum Gasteiger partial charge on any atom is -0.391 e. The average molecular weight is 246 g/mol. The van der Waals surface area contributed by atoms with Gasteiger partial charge in [0.05, 0.1) is 54.4 Å². The topological polar surface area (TPSA) is 20.2 Å². The predicted octanol–water partition coefficient (Wildman–Crippen LogP) is 1.71. The van der Waals surface area contributed by atoms with Crippen molar-refractivity contribution in [1.82, 2.24) is 0 Å². The average Bonchev–Trinajstić information content (AvgIpc) is 2.62. The number of likely N-dealkylation sites (tertiary alicyclic amines) is 1. The summed E-state index contributed by atoms with van der Waals surface area (Å²) in [5.74, 6) is 0. The zero-order valence-corrected chi connectivity index (χ0v) is 12.7. The molecule has 0 amide bonds. The van der Waals surface area contributed by atoms with Crippen LogP contribution >= 0.6 is 0 Å². The molecule has 3 heteroatoms. The lowest BCUT2D eigenvalue weighted by Crippen LogP contribution is -2.41. The van der Waals surface area contributed by atoms with Crippen LogP contribution in [-0.4, -0.2) is 75.0 Å². The minimum absolute atomic E-state index is 0.281. The summed E-state index contributed by atoms with van der Waals surface area (Å²) in [5, 5.41) is 8.39. The second kappa shape index (κ2) is 8.06. The number of aliphatic hydroxyl groups is 1. The third kappa shape index (κ3) is 9.57. The van der Waals surface area contributed by atoms with Crippen LogP contribution in [0, 0.1) is 0 Å². The van der Waals surface area contributed by atoms with Gasteiger partial charge < -0.3 is 14.1 Å². The Morgan fingerprint density at radius 3 is 1.94 bits per heavy atom. The van der Waals surface area contributed by atoms with E-state index in [1.165, 1.54) is 49.8 Å². The van der Waals surface area contributed by atoms with Crippen LogP contribution in [0.1, 0.15) is 32.6 Å². The summed E-state index contributed by atoms with van der Waals surface area (Å²) < 4.78 is 2.20. The lowest BCUT2D eigenvalue weighted by molar-refractivity contribution is -0.897. The molecule has 1 fully saturated rings. The fourth-order valence-electron chi connectivity index (χ4n) is 2.16. The zero-order valence-electron chi connectivity index (χ0n) is 12.7. The summed E-state index contributed by atoms with van der Waals surface area (Å²) in [5.41, 5.74) is 0. The first kappa shape index (κ1) is 16.9. The molecule has 0 aromatic carbocycles. The van der Waals surface area contributed by atoms with Gasteiger partial charge in [-0.2, -0.15) is 0 Å². The van der Waals surface area contributed by atoms with Gasteiger partial charge in [-0.1, -0.05) is 13.3 Å². The van der Waals surface area contributed by atoms with Crippen LogP contribution in [0.5, 0.6) is 0 Å². The lowest BCUT2D eigenvalue weighted by atomic mass is 10.3. The van der Waals surface area contributed by atoms with Crippen molar-refractivity contribution in [3.05, 3.63) is 0 Å². The molecule has 0 unspecified atom stereocenters. The van der Waals surface area contributed by atoms with Gasteiger partial charge in [0.2, 0.25) is 0 Å². The highest BCUT2D eigenvalue weighted by molar-refractivity contribution is 4.51. The van der Waals surface area contributed by atoms with E-state index in [1.807, 2.05) is 0 Å². The summed E-state index contributed by atoms with van der Waals surface area (Å²) >= 11 is 0. The van der Waals surface area contributed by atoms with E-state index < -0.39 is 0 Å². The maximum Gasteiger partial charge on any atom is 0.101 e. The van der Waals surface area contributed by atoms with E-state index in [2.05, 4.69) is 35.1 Å². The molecule has 0 atom stereocenters. The number of aliphatic hydroxyl groups excluding tert-OH is 1. The van der Waals surface area contributed by atoms with Crippen LogP contribution in [0.2, 0.25) is 0 Å². The monoisotopic (exact) mass is 246 g/mol. The predicted molar refractivity (Wildman–Crippen MR) is 74.9 cm³/mol. The second-order valence-corrected chi connectivity index (χ2v) is 6.59. The minimum atomic E-state index is 0.281. The maximum absolute atomic E-state index is 8.39. The van der Waals surface area contributed by atoms with Crippen molar-refractivity contribution >= 4 is 0 Å². The van der Waals surface area contributed by atoms with Crippen molar-refractivity contribution in [2.24, 2.45) is 0 Å². The van der Waals surface area contributed by atoms with Crippen molar-refractivity contribution in [3.8, 4) is 0 Å². The fourth-order valence-corrected chi connectivity index (χ4v) is 2.16. The Hall–Kier alpha value is -0.120. The van der Waals surface area contributed by atoms with E-state index >= 15 is 0 Å². The first-order valence-electron chi connectivity index (χ1n) is 7.08. The smallest absolute Gasteiger partial charge is 0.101 e. The quantitative estimate of drug-likeness (QED) is 0.732. The van der Waals surface area contributed by atoms with Gasteiger partial charge in [0.15, 0.2) is 0 Å². The number of likely N-dealkylation sites (N-methyl/N-ethyl adjacent to an activating group) is 1. The third-order valence-electron chi connectivity index (χ3n) is 3.47. The van der Waals surface area contributed by atoms with E-state index in [9.17, 15) is 0 Å².